The number of carbonyl (C=O) groups excluding carboxylic acids is 1. The fourth-order valence-corrected chi connectivity index (χ4v) is 5.92. The van der Waals surface area contributed by atoms with Gasteiger partial charge in [-0.25, -0.2) is 22.0 Å². The van der Waals surface area contributed by atoms with E-state index in [1.807, 2.05) is 0 Å². The van der Waals surface area contributed by atoms with Crippen LogP contribution in [-0.4, -0.2) is 67.7 Å². The molecule has 4 rings (SSSR count). The molecule has 2 aliphatic rings. The number of aliphatic hydroxyl groups is 1. The molecule has 2 amide bonds. The van der Waals surface area contributed by atoms with Gasteiger partial charge in [-0.15, -0.1) is 0 Å². The maximum absolute atomic E-state index is 14.0. The van der Waals surface area contributed by atoms with E-state index in [0.29, 0.717) is 11.5 Å². The first kappa shape index (κ1) is 27.8. The topological polar surface area (TPSA) is 99.2 Å². The fourth-order valence-electron chi connectivity index (χ4n) is 4.09. The number of amides is 2. The van der Waals surface area contributed by atoms with E-state index in [4.69, 9.17) is 4.74 Å². The quantitative estimate of drug-likeness (QED) is 0.557. The molecule has 0 spiro atoms. The highest BCUT2D eigenvalue weighted by Crippen LogP contribution is 2.34. The van der Waals surface area contributed by atoms with Gasteiger partial charge < -0.3 is 20.1 Å². The van der Waals surface area contributed by atoms with Gasteiger partial charge >= 0.3 is 6.03 Å². The van der Waals surface area contributed by atoms with Crippen molar-refractivity contribution in [2.45, 2.75) is 43.7 Å². The van der Waals surface area contributed by atoms with Crippen molar-refractivity contribution >= 4 is 21.7 Å². The number of anilines is 1. The van der Waals surface area contributed by atoms with Crippen molar-refractivity contribution in [3.63, 3.8) is 0 Å². The molecule has 2 aromatic rings. The van der Waals surface area contributed by atoms with Gasteiger partial charge in [0, 0.05) is 43.1 Å². The minimum Gasteiger partial charge on any atom is -0.487 e. The lowest BCUT2D eigenvalue weighted by Gasteiger charge is -2.37. The summed E-state index contributed by atoms with van der Waals surface area (Å²) in [5, 5.41) is 12.1. The Labute approximate surface area is 221 Å². The zero-order valence-electron chi connectivity index (χ0n) is 21.4. The third-order valence-corrected chi connectivity index (χ3v) is 8.66. The number of hydrogen-bond acceptors (Lipinski definition) is 5. The number of sulfonamides is 1. The van der Waals surface area contributed by atoms with E-state index in [1.54, 1.807) is 26.0 Å². The standard InChI is InChI=1S/C27H31F2N3O5S/c1-17-14-32(18(2)16-33)38(35,36)26-11-8-20(7-6-19-4-5-19)12-24(26)37-25(17)15-31(3)27(34)30-23-13-21(28)9-10-22(23)29/h8-13,17-19,25,33H,4-5,14-16H2,1-3H3,(H,30,34)/t17-,18-,25-/m0/s1. The summed E-state index contributed by atoms with van der Waals surface area (Å²) in [5.41, 5.74) is 0.305. The lowest BCUT2D eigenvalue weighted by Crippen LogP contribution is -2.50. The van der Waals surface area contributed by atoms with E-state index < -0.39 is 45.8 Å². The average molecular weight is 548 g/mol. The average Bonchev–Trinajstić information content (AvgIpc) is 3.71. The summed E-state index contributed by atoms with van der Waals surface area (Å²) in [4.78, 5) is 14.0. The highest BCUT2D eigenvalue weighted by atomic mass is 32.2. The largest absolute Gasteiger partial charge is 0.487 e. The second-order valence-electron chi connectivity index (χ2n) is 9.88. The van der Waals surface area contributed by atoms with Crippen LogP contribution < -0.4 is 10.1 Å². The number of likely N-dealkylation sites (N-methyl/N-ethyl adjacent to an activating group) is 1. The summed E-state index contributed by atoms with van der Waals surface area (Å²) in [6, 6.07) is 6.03. The molecule has 1 aliphatic heterocycles. The molecule has 1 fully saturated rings. The number of halogens is 2. The molecule has 2 aromatic carbocycles. The SMILES string of the molecule is C[C@H]1CN([C@@H](C)CO)S(=O)(=O)c2ccc(C#CC3CC3)cc2O[C@H]1CN(C)C(=O)Nc1cc(F)ccc1F. The van der Waals surface area contributed by atoms with Gasteiger partial charge in [-0.2, -0.15) is 4.31 Å². The van der Waals surface area contributed by atoms with Crippen LogP contribution in [0.3, 0.4) is 0 Å². The number of benzene rings is 2. The summed E-state index contributed by atoms with van der Waals surface area (Å²) in [6.07, 6.45) is 1.42. The molecule has 204 valence electrons. The molecule has 1 aliphatic carbocycles. The Balaban J connectivity index is 1.64. The van der Waals surface area contributed by atoms with Gasteiger partial charge in [0.25, 0.3) is 0 Å². The maximum atomic E-state index is 14.0. The smallest absolute Gasteiger partial charge is 0.321 e. The number of carbonyl (C=O) groups is 1. The van der Waals surface area contributed by atoms with Crippen molar-refractivity contribution in [1.82, 2.24) is 9.21 Å². The van der Waals surface area contributed by atoms with Crippen LogP contribution in [0, 0.1) is 35.3 Å². The van der Waals surface area contributed by atoms with Crippen LogP contribution in [0.15, 0.2) is 41.3 Å². The van der Waals surface area contributed by atoms with E-state index in [2.05, 4.69) is 17.2 Å². The second kappa shape index (κ2) is 11.3. The zero-order chi connectivity index (χ0) is 27.6. The van der Waals surface area contributed by atoms with Crippen LogP contribution in [0.4, 0.5) is 19.3 Å². The van der Waals surface area contributed by atoms with E-state index in [1.165, 1.54) is 22.3 Å². The first-order valence-electron chi connectivity index (χ1n) is 12.4. The van der Waals surface area contributed by atoms with Crippen LogP contribution in [0.1, 0.15) is 32.3 Å². The van der Waals surface area contributed by atoms with Gasteiger partial charge in [0.2, 0.25) is 10.0 Å². The molecule has 0 saturated heterocycles. The van der Waals surface area contributed by atoms with Crippen molar-refractivity contribution < 1.29 is 31.8 Å². The van der Waals surface area contributed by atoms with Gasteiger partial charge in [0.1, 0.15) is 28.4 Å². The fraction of sp³-hybridized carbons (Fsp3) is 0.444. The molecule has 1 saturated carbocycles. The predicted octanol–water partition coefficient (Wildman–Crippen LogP) is 3.66. The van der Waals surface area contributed by atoms with Crippen molar-refractivity contribution in [2.75, 3.05) is 32.1 Å². The maximum Gasteiger partial charge on any atom is 0.321 e. The van der Waals surface area contributed by atoms with E-state index in [0.717, 1.165) is 31.0 Å². The summed E-state index contributed by atoms with van der Waals surface area (Å²) >= 11 is 0. The number of hydrogen-bond donors (Lipinski definition) is 2. The lowest BCUT2D eigenvalue weighted by molar-refractivity contribution is 0.0830. The number of ether oxygens (including phenoxy) is 1. The number of urea groups is 1. The lowest BCUT2D eigenvalue weighted by atomic mass is 10.0. The molecular formula is C27H31F2N3O5S. The summed E-state index contributed by atoms with van der Waals surface area (Å²) < 4.78 is 62.2. The molecule has 11 heteroatoms. The number of rotatable bonds is 5. The Morgan fingerprint density at radius 2 is 2.00 bits per heavy atom. The normalized spacial score (nSPS) is 21.5. The van der Waals surface area contributed by atoms with Crippen molar-refractivity contribution in [3.05, 3.63) is 53.6 Å². The summed E-state index contributed by atoms with van der Waals surface area (Å²) in [6.45, 7) is 3.08. The van der Waals surface area contributed by atoms with Crippen LogP contribution in [-0.2, 0) is 10.0 Å². The van der Waals surface area contributed by atoms with Gasteiger partial charge in [-0.3, -0.25) is 0 Å². The van der Waals surface area contributed by atoms with Gasteiger partial charge in [-0.05, 0) is 50.1 Å². The number of nitrogens with zero attached hydrogens (tertiary/aromatic N) is 2. The molecule has 0 bridgehead atoms. The minimum atomic E-state index is -4.01. The number of aliphatic hydroxyl groups excluding tert-OH is 1. The minimum absolute atomic E-state index is 0.0166. The molecule has 0 radical (unpaired) electrons. The van der Waals surface area contributed by atoms with Crippen LogP contribution >= 0.6 is 0 Å². The summed E-state index contributed by atoms with van der Waals surface area (Å²) in [7, 11) is -2.53. The van der Waals surface area contributed by atoms with Gasteiger partial charge in [0.15, 0.2) is 0 Å². The number of fused-ring (bicyclic) bond motifs is 1. The van der Waals surface area contributed by atoms with Crippen LogP contribution in [0.25, 0.3) is 0 Å². The molecule has 0 unspecified atom stereocenters. The first-order chi connectivity index (χ1) is 18.0. The monoisotopic (exact) mass is 547 g/mol. The summed E-state index contributed by atoms with van der Waals surface area (Å²) in [5.74, 6) is 4.78. The van der Waals surface area contributed by atoms with Crippen molar-refractivity contribution in [1.29, 1.82) is 0 Å². The molecule has 0 aromatic heterocycles. The Bertz CT molecular complexity index is 1370. The highest BCUT2D eigenvalue weighted by molar-refractivity contribution is 7.89. The molecular weight excluding hydrogens is 516 g/mol. The highest BCUT2D eigenvalue weighted by Gasteiger charge is 2.38. The number of nitrogens with one attached hydrogen (secondary N) is 1. The molecule has 2 N–H and O–H groups in total. The molecule has 3 atom stereocenters. The van der Waals surface area contributed by atoms with E-state index in [9.17, 15) is 27.1 Å². The van der Waals surface area contributed by atoms with Crippen molar-refractivity contribution in [2.24, 2.45) is 11.8 Å². The van der Waals surface area contributed by atoms with Crippen LogP contribution in [0.2, 0.25) is 0 Å². The second-order valence-corrected chi connectivity index (χ2v) is 11.7. The van der Waals surface area contributed by atoms with Crippen molar-refractivity contribution in [3.8, 4) is 17.6 Å². The third-order valence-electron chi connectivity index (χ3n) is 6.64. The third kappa shape index (κ3) is 6.26. The predicted molar refractivity (Wildman–Crippen MR) is 138 cm³/mol. The van der Waals surface area contributed by atoms with E-state index >= 15 is 0 Å². The Morgan fingerprint density at radius 1 is 1.26 bits per heavy atom. The zero-order valence-corrected chi connectivity index (χ0v) is 22.3. The Hall–Kier alpha value is -3.20. The Morgan fingerprint density at radius 3 is 2.68 bits per heavy atom. The molecule has 38 heavy (non-hydrogen) atoms. The van der Waals surface area contributed by atoms with Gasteiger partial charge in [-0.1, -0.05) is 18.8 Å². The first-order valence-corrected chi connectivity index (χ1v) is 13.9. The molecule has 1 heterocycles. The Kier molecular flexibility index (Phi) is 8.25. The van der Waals surface area contributed by atoms with Gasteiger partial charge in [0.05, 0.1) is 18.8 Å². The molecule has 8 nitrogen and oxygen atoms in total. The van der Waals surface area contributed by atoms with Crippen LogP contribution in [0.5, 0.6) is 5.75 Å². The van der Waals surface area contributed by atoms with E-state index in [-0.39, 0.29) is 36.0 Å².